The summed E-state index contributed by atoms with van der Waals surface area (Å²) in [6.45, 7) is 1.92. The second-order valence-electron chi connectivity index (χ2n) is 6.42. The van der Waals surface area contributed by atoms with Crippen molar-refractivity contribution in [2.24, 2.45) is 5.92 Å². The average molecular weight is 340 g/mol. The summed E-state index contributed by atoms with van der Waals surface area (Å²) in [4.78, 5) is 14.6. The van der Waals surface area contributed by atoms with Crippen molar-refractivity contribution in [2.75, 3.05) is 5.32 Å². The normalized spacial score (nSPS) is 21.4. The van der Waals surface area contributed by atoms with Crippen LogP contribution in [0.3, 0.4) is 0 Å². The molecule has 0 unspecified atom stereocenters. The lowest BCUT2D eigenvalue weighted by Crippen LogP contribution is -2.42. The molecule has 6 heteroatoms. The summed E-state index contributed by atoms with van der Waals surface area (Å²) in [6, 6.07) is 8.27. The quantitative estimate of drug-likeness (QED) is 0.746. The molecule has 2 N–H and O–H groups in total. The van der Waals surface area contributed by atoms with Crippen molar-refractivity contribution >= 4 is 27.4 Å². The first-order valence-electron chi connectivity index (χ1n) is 8.25. The topological polar surface area (TPSA) is 70.9 Å². The van der Waals surface area contributed by atoms with Gasteiger partial charge >= 0.3 is 0 Å². The summed E-state index contributed by atoms with van der Waals surface area (Å²) < 4.78 is 0. The zero-order valence-electron chi connectivity index (χ0n) is 13.5. The summed E-state index contributed by atoms with van der Waals surface area (Å²) in [6.07, 6.45) is 4.15. The fourth-order valence-electron chi connectivity index (χ4n) is 3.29. The number of fused-ring (bicyclic) bond motifs is 1. The molecule has 3 aromatic heterocycles. The molecule has 0 radical (unpaired) electrons. The van der Waals surface area contributed by atoms with Crippen LogP contribution in [0, 0.1) is 12.8 Å². The standard InChI is InChI=1S/C18H20N4OS/c1-11-20-17(15-5-7-24-18(15)21-11)22-16(12-8-14(23)9-12)10-13-4-2-3-6-19-13/h2-7,12,14,16,23H,8-10H2,1H3,(H,20,21,22)/t12?,14?,16-/m1/s1. The Hall–Kier alpha value is -2.05. The first-order valence-corrected chi connectivity index (χ1v) is 9.13. The summed E-state index contributed by atoms with van der Waals surface area (Å²) >= 11 is 1.63. The number of aryl methyl sites for hydroxylation is 1. The second kappa shape index (κ2) is 6.45. The Morgan fingerprint density at radius 2 is 2.17 bits per heavy atom. The molecule has 0 bridgehead atoms. The molecule has 0 aliphatic heterocycles. The molecule has 24 heavy (non-hydrogen) atoms. The van der Waals surface area contributed by atoms with Crippen molar-refractivity contribution < 1.29 is 5.11 Å². The van der Waals surface area contributed by atoms with Crippen LogP contribution in [0.1, 0.15) is 24.4 Å². The smallest absolute Gasteiger partial charge is 0.138 e. The molecule has 4 rings (SSSR count). The summed E-state index contributed by atoms with van der Waals surface area (Å²) in [5.41, 5.74) is 1.06. The van der Waals surface area contributed by atoms with E-state index in [4.69, 9.17) is 0 Å². The molecule has 0 saturated heterocycles. The molecule has 5 nitrogen and oxygen atoms in total. The fourth-order valence-corrected chi connectivity index (χ4v) is 4.10. The van der Waals surface area contributed by atoms with Crippen LogP contribution in [-0.4, -0.2) is 32.2 Å². The molecule has 3 heterocycles. The van der Waals surface area contributed by atoms with Gasteiger partial charge in [-0.1, -0.05) is 6.07 Å². The van der Waals surface area contributed by atoms with E-state index in [0.29, 0.717) is 5.92 Å². The van der Waals surface area contributed by atoms with Crippen molar-refractivity contribution in [3.05, 3.63) is 47.4 Å². The molecule has 0 spiro atoms. The number of aliphatic hydroxyl groups is 1. The van der Waals surface area contributed by atoms with Crippen LogP contribution >= 0.6 is 11.3 Å². The van der Waals surface area contributed by atoms with Gasteiger partial charge in [0.05, 0.1) is 11.5 Å². The first kappa shape index (κ1) is 15.5. The van der Waals surface area contributed by atoms with Crippen molar-refractivity contribution in [3.8, 4) is 0 Å². The Morgan fingerprint density at radius 1 is 1.29 bits per heavy atom. The maximum absolute atomic E-state index is 9.71. The Balaban J connectivity index is 1.62. The van der Waals surface area contributed by atoms with Gasteiger partial charge in [0, 0.05) is 24.4 Å². The van der Waals surface area contributed by atoms with Gasteiger partial charge < -0.3 is 10.4 Å². The molecule has 1 saturated carbocycles. The number of rotatable bonds is 5. The highest BCUT2D eigenvalue weighted by molar-refractivity contribution is 7.16. The van der Waals surface area contributed by atoms with E-state index in [1.807, 2.05) is 30.6 Å². The van der Waals surface area contributed by atoms with Gasteiger partial charge in [-0.2, -0.15) is 0 Å². The van der Waals surface area contributed by atoms with E-state index < -0.39 is 0 Å². The lowest BCUT2D eigenvalue weighted by Gasteiger charge is -2.38. The zero-order chi connectivity index (χ0) is 16.5. The third kappa shape index (κ3) is 3.12. The van der Waals surface area contributed by atoms with Crippen LogP contribution in [-0.2, 0) is 6.42 Å². The van der Waals surface area contributed by atoms with Crippen LogP contribution in [0.25, 0.3) is 10.2 Å². The minimum absolute atomic E-state index is 0.170. The lowest BCUT2D eigenvalue weighted by atomic mass is 9.76. The predicted octanol–water partition coefficient (Wildman–Crippen LogP) is 3.19. The maximum atomic E-state index is 9.71. The Kier molecular flexibility index (Phi) is 4.16. The van der Waals surface area contributed by atoms with Gasteiger partial charge in [0.1, 0.15) is 16.5 Å². The molecule has 1 aliphatic rings. The molecule has 1 aliphatic carbocycles. The van der Waals surface area contributed by atoms with E-state index in [-0.39, 0.29) is 12.1 Å². The number of hydrogen-bond donors (Lipinski definition) is 2. The van der Waals surface area contributed by atoms with Crippen LogP contribution in [0.5, 0.6) is 0 Å². The maximum Gasteiger partial charge on any atom is 0.138 e. The van der Waals surface area contributed by atoms with Crippen LogP contribution in [0.2, 0.25) is 0 Å². The van der Waals surface area contributed by atoms with Crippen molar-refractivity contribution in [1.29, 1.82) is 0 Å². The molecule has 3 aromatic rings. The highest BCUT2D eigenvalue weighted by Gasteiger charge is 2.34. The molecular weight excluding hydrogens is 320 g/mol. The Bertz CT molecular complexity index is 829. The van der Waals surface area contributed by atoms with Gasteiger partial charge in [0.25, 0.3) is 0 Å². The molecule has 1 fully saturated rings. The summed E-state index contributed by atoms with van der Waals surface area (Å²) in [7, 11) is 0. The van der Waals surface area contributed by atoms with Gasteiger partial charge in [0.2, 0.25) is 0 Å². The highest BCUT2D eigenvalue weighted by atomic mass is 32.1. The monoisotopic (exact) mass is 340 g/mol. The summed E-state index contributed by atoms with van der Waals surface area (Å²) in [5.74, 6) is 2.10. The molecule has 0 aromatic carbocycles. The van der Waals surface area contributed by atoms with Gasteiger partial charge in [0.15, 0.2) is 0 Å². The minimum Gasteiger partial charge on any atom is -0.393 e. The zero-order valence-corrected chi connectivity index (χ0v) is 14.3. The van der Waals surface area contributed by atoms with Crippen LogP contribution in [0.4, 0.5) is 5.82 Å². The third-order valence-electron chi connectivity index (χ3n) is 4.63. The fraction of sp³-hybridized carbons (Fsp3) is 0.389. The highest BCUT2D eigenvalue weighted by Crippen LogP contribution is 2.34. The number of aliphatic hydroxyl groups excluding tert-OH is 1. The van der Waals surface area contributed by atoms with E-state index in [1.165, 1.54) is 0 Å². The predicted molar refractivity (Wildman–Crippen MR) is 96.2 cm³/mol. The van der Waals surface area contributed by atoms with Crippen molar-refractivity contribution in [2.45, 2.75) is 38.3 Å². The number of anilines is 1. The lowest BCUT2D eigenvalue weighted by molar-refractivity contribution is 0.0340. The number of thiophene rings is 1. The van der Waals surface area contributed by atoms with E-state index >= 15 is 0 Å². The summed E-state index contributed by atoms with van der Waals surface area (Å²) in [5, 5.41) is 16.5. The SMILES string of the molecule is Cc1nc(N[C@H](Cc2ccccn2)C2CC(O)C2)c2ccsc2n1. The van der Waals surface area contributed by atoms with Crippen molar-refractivity contribution in [3.63, 3.8) is 0 Å². The average Bonchev–Trinajstić information content (AvgIpc) is 3.00. The van der Waals surface area contributed by atoms with Gasteiger partial charge in [-0.05, 0) is 49.3 Å². The molecule has 1 atom stereocenters. The third-order valence-corrected chi connectivity index (χ3v) is 5.44. The number of pyridine rings is 1. The van der Waals surface area contributed by atoms with E-state index in [2.05, 4.69) is 32.4 Å². The van der Waals surface area contributed by atoms with Crippen LogP contribution < -0.4 is 5.32 Å². The van der Waals surface area contributed by atoms with Crippen molar-refractivity contribution in [1.82, 2.24) is 15.0 Å². The molecular formula is C18H20N4OS. The van der Waals surface area contributed by atoms with Crippen LogP contribution in [0.15, 0.2) is 35.8 Å². The van der Waals surface area contributed by atoms with E-state index in [0.717, 1.165) is 46.8 Å². The molecule has 0 amide bonds. The van der Waals surface area contributed by atoms with Gasteiger partial charge in [-0.15, -0.1) is 11.3 Å². The second-order valence-corrected chi connectivity index (χ2v) is 7.31. The van der Waals surface area contributed by atoms with Gasteiger partial charge in [-0.25, -0.2) is 9.97 Å². The van der Waals surface area contributed by atoms with E-state index in [9.17, 15) is 5.11 Å². The van der Waals surface area contributed by atoms with E-state index in [1.54, 1.807) is 11.3 Å². The molecule has 124 valence electrons. The number of hydrogen-bond acceptors (Lipinski definition) is 6. The Morgan fingerprint density at radius 3 is 2.92 bits per heavy atom. The largest absolute Gasteiger partial charge is 0.393 e. The number of aromatic nitrogens is 3. The number of nitrogens with one attached hydrogen (secondary N) is 1. The van der Waals surface area contributed by atoms with Gasteiger partial charge in [-0.3, -0.25) is 4.98 Å². The Labute approximate surface area is 144 Å². The first-order chi connectivity index (χ1) is 11.7. The number of nitrogens with zero attached hydrogens (tertiary/aromatic N) is 3. The minimum atomic E-state index is -0.170.